The van der Waals surface area contributed by atoms with Gasteiger partial charge in [-0.2, -0.15) is 9.57 Å². The summed E-state index contributed by atoms with van der Waals surface area (Å²) < 4.78 is 57.9. The number of ether oxygens (including phenoxy) is 1. The molecule has 2 heterocycles. The van der Waals surface area contributed by atoms with E-state index in [0.29, 0.717) is 5.56 Å². The molecule has 2 aromatic rings. The van der Waals surface area contributed by atoms with Gasteiger partial charge in [0.05, 0.1) is 30.5 Å². The summed E-state index contributed by atoms with van der Waals surface area (Å²) in [5.41, 5.74) is 0.170. The summed E-state index contributed by atoms with van der Waals surface area (Å²) >= 11 is 0. The van der Waals surface area contributed by atoms with Crippen LogP contribution in [0.25, 0.3) is 0 Å². The molecule has 1 aromatic carbocycles. The lowest BCUT2D eigenvalue weighted by Crippen LogP contribution is -2.56. The van der Waals surface area contributed by atoms with Crippen molar-refractivity contribution in [3.05, 3.63) is 59.3 Å². The number of nitrogens with zero attached hydrogens (tertiary/aromatic N) is 3. The van der Waals surface area contributed by atoms with E-state index in [1.807, 2.05) is 6.07 Å². The average molecular weight is 365 g/mol. The molecule has 3 rings (SSSR count). The summed E-state index contributed by atoms with van der Waals surface area (Å²) in [5, 5.41) is 8.82. The van der Waals surface area contributed by atoms with E-state index in [4.69, 9.17) is 10.00 Å². The van der Waals surface area contributed by atoms with E-state index in [0.717, 1.165) is 22.5 Å². The Hall–Kier alpha value is -2.57. The number of rotatable bonds is 5. The van der Waals surface area contributed by atoms with E-state index < -0.39 is 33.5 Å². The summed E-state index contributed by atoms with van der Waals surface area (Å²) in [7, 11) is -3.78. The van der Waals surface area contributed by atoms with E-state index in [-0.39, 0.29) is 24.5 Å². The predicted octanol–water partition coefficient (Wildman–Crippen LogP) is 1.82. The molecule has 0 bridgehead atoms. The number of sulfonamides is 1. The Bertz CT molecular complexity index is 938. The molecule has 0 radical (unpaired) electrons. The molecule has 0 amide bonds. The standard InChI is InChI=1S/C16H13F2N3O3S/c17-13-1-2-15(18)12(6-13)10-25(22,23)21-8-14(9-21)24-16-5-11(7-19)3-4-20-16/h1-6,14H,8-10H2. The average Bonchev–Trinajstić information content (AvgIpc) is 2.53. The summed E-state index contributed by atoms with van der Waals surface area (Å²) in [6, 6.07) is 7.64. The van der Waals surface area contributed by atoms with Gasteiger partial charge in [-0.05, 0) is 24.3 Å². The minimum absolute atomic E-state index is 0.0811. The third kappa shape index (κ3) is 3.92. The summed E-state index contributed by atoms with van der Waals surface area (Å²) in [5.74, 6) is -1.85. The topological polar surface area (TPSA) is 83.3 Å². The van der Waals surface area contributed by atoms with Crippen molar-refractivity contribution in [1.82, 2.24) is 9.29 Å². The van der Waals surface area contributed by atoms with Crippen molar-refractivity contribution < 1.29 is 21.9 Å². The van der Waals surface area contributed by atoms with Crippen LogP contribution in [0.5, 0.6) is 5.88 Å². The minimum Gasteiger partial charge on any atom is -0.471 e. The fourth-order valence-corrected chi connectivity index (χ4v) is 3.94. The first kappa shape index (κ1) is 17.3. The van der Waals surface area contributed by atoms with E-state index >= 15 is 0 Å². The van der Waals surface area contributed by atoms with E-state index in [1.54, 1.807) is 0 Å². The highest BCUT2D eigenvalue weighted by Gasteiger charge is 2.37. The fraction of sp³-hybridized carbons (Fsp3) is 0.250. The van der Waals surface area contributed by atoms with Gasteiger partial charge in [0.2, 0.25) is 15.9 Å². The van der Waals surface area contributed by atoms with E-state index in [2.05, 4.69) is 4.98 Å². The highest BCUT2D eigenvalue weighted by Crippen LogP contribution is 2.23. The van der Waals surface area contributed by atoms with E-state index in [1.165, 1.54) is 18.3 Å². The van der Waals surface area contributed by atoms with Crippen molar-refractivity contribution >= 4 is 10.0 Å². The molecule has 0 aliphatic carbocycles. The van der Waals surface area contributed by atoms with Crippen LogP contribution >= 0.6 is 0 Å². The van der Waals surface area contributed by atoms with Gasteiger partial charge in [-0.3, -0.25) is 0 Å². The van der Waals surface area contributed by atoms with Gasteiger partial charge in [-0.1, -0.05) is 0 Å². The van der Waals surface area contributed by atoms with Crippen LogP contribution in [0.3, 0.4) is 0 Å². The molecule has 1 fully saturated rings. The minimum atomic E-state index is -3.78. The molecule has 0 N–H and O–H groups in total. The maximum atomic E-state index is 13.6. The third-order valence-corrected chi connectivity index (χ3v) is 5.47. The molecule has 1 aromatic heterocycles. The van der Waals surface area contributed by atoms with Crippen molar-refractivity contribution in [2.75, 3.05) is 13.1 Å². The zero-order valence-corrected chi connectivity index (χ0v) is 13.7. The normalized spacial score (nSPS) is 15.4. The highest BCUT2D eigenvalue weighted by molar-refractivity contribution is 7.88. The molecular weight excluding hydrogens is 352 g/mol. The number of benzene rings is 1. The molecule has 0 atom stereocenters. The van der Waals surface area contributed by atoms with Crippen molar-refractivity contribution in [3.63, 3.8) is 0 Å². The van der Waals surface area contributed by atoms with E-state index in [9.17, 15) is 17.2 Å². The fourth-order valence-electron chi connectivity index (χ4n) is 2.36. The maximum absolute atomic E-state index is 13.6. The van der Waals surface area contributed by atoms with Gasteiger partial charge < -0.3 is 4.74 Å². The van der Waals surface area contributed by atoms with Crippen LogP contribution in [0.1, 0.15) is 11.1 Å². The number of pyridine rings is 1. The Labute approximate surface area is 143 Å². The molecule has 130 valence electrons. The van der Waals surface area contributed by atoms with Crippen LogP contribution in [0, 0.1) is 23.0 Å². The van der Waals surface area contributed by atoms with Crippen molar-refractivity contribution in [2.24, 2.45) is 0 Å². The molecular formula is C16H13F2N3O3S. The molecule has 25 heavy (non-hydrogen) atoms. The molecule has 0 unspecified atom stereocenters. The first-order valence-corrected chi connectivity index (χ1v) is 8.93. The maximum Gasteiger partial charge on any atom is 0.218 e. The number of halogens is 2. The molecule has 1 aliphatic rings. The van der Waals surface area contributed by atoms with Crippen molar-refractivity contribution in [3.8, 4) is 11.9 Å². The Morgan fingerprint density at radius 1 is 1.28 bits per heavy atom. The molecule has 0 spiro atoms. The van der Waals surface area contributed by atoms with Crippen LogP contribution in [-0.2, 0) is 15.8 Å². The van der Waals surface area contributed by atoms with Crippen molar-refractivity contribution in [2.45, 2.75) is 11.9 Å². The lowest BCUT2D eigenvalue weighted by molar-refractivity contribution is 0.0719. The first-order chi connectivity index (χ1) is 11.9. The number of nitriles is 1. The summed E-state index contributed by atoms with van der Waals surface area (Å²) in [6.45, 7) is 0.162. The Morgan fingerprint density at radius 2 is 2.04 bits per heavy atom. The summed E-state index contributed by atoms with van der Waals surface area (Å²) in [6.07, 6.45) is 1.02. The number of aromatic nitrogens is 1. The quantitative estimate of drug-likeness (QED) is 0.807. The Kier molecular flexibility index (Phi) is 4.65. The summed E-state index contributed by atoms with van der Waals surface area (Å²) in [4.78, 5) is 3.95. The van der Waals surface area contributed by atoms with Gasteiger partial charge in [-0.25, -0.2) is 22.2 Å². The van der Waals surface area contributed by atoms with Crippen molar-refractivity contribution in [1.29, 1.82) is 5.26 Å². The van der Waals surface area contributed by atoms with Gasteiger partial charge in [0, 0.05) is 17.8 Å². The Balaban J connectivity index is 1.61. The lowest BCUT2D eigenvalue weighted by atomic mass is 10.2. The number of hydrogen-bond acceptors (Lipinski definition) is 5. The van der Waals surface area contributed by atoms with Gasteiger partial charge in [-0.15, -0.1) is 0 Å². The zero-order valence-electron chi connectivity index (χ0n) is 12.9. The third-order valence-electron chi connectivity index (χ3n) is 3.70. The van der Waals surface area contributed by atoms with Gasteiger partial charge in [0.15, 0.2) is 0 Å². The highest BCUT2D eigenvalue weighted by atomic mass is 32.2. The van der Waals surface area contributed by atoms with Crippen LogP contribution in [0.15, 0.2) is 36.5 Å². The molecule has 0 saturated carbocycles. The SMILES string of the molecule is N#Cc1ccnc(OC2CN(S(=O)(=O)Cc3cc(F)ccc3F)C2)c1. The first-order valence-electron chi connectivity index (χ1n) is 7.32. The van der Waals surface area contributed by atoms with Gasteiger partial charge in [0.1, 0.15) is 17.7 Å². The van der Waals surface area contributed by atoms with Crippen LogP contribution in [0.2, 0.25) is 0 Å². The predicted molar refractivity (Wildman–Crippen MR) is 83.9 cm³/mol. The second-order valence-corrected chi connectivity index (χ2v) is 7.51. The molecule has 1 aliphatic heterocycles. The number of hydrogen-bond donors (Lipinski definition) is 0. The Morgan fingerprint density at radius 3 is 2.76 bits per heavy atom. The zero-order chi connectivity index (χ0) is 18.0. The lowest BCUT2D eigenvalue weighted by Gasteiger charge is -2.37. The molecule has 1 saturated heterocycles. The van der Waals surface area contributed by atoms with Gasteiger partial charge >= 0.3 is 0 Å². The van der Waals surface area contributed by atoms with Crippen LogP contribution in [0.4, 0.5) is 8.78 Å². The molecule has 6 nitrogen and oxygen atoms in total. The van der Waals surface area contributed by atoms with Gasteiger partial charge in [0.25, 0.3) is 0 Å². The largest absolute Gasteiger partial charge is 0.471 e. The second-order valence-electron chi connectivity index (χ2n) is 5.54. The second kappa shape index (κ2) is 6.74. The monoisotopic (exact) mass is 365 g/mol. The van der Waals surface area contributed by atoms with Crippen LogP contribution < -0.4 is 4.74 Å². The molecule has 9 heteroatoms. The smallest absolute Gasteiger partial charge is 0.218 e. The van der Waals surface area contributed by atoms with Crippen LogP contribution in [-0.4, -0.2) is 36.9 Å².